The summed E-state index contributed by atoms with van der Waals surface area (Å²) in [7, 11) is 0. The molecule has 0 saturated heterocycles. The summed E-state index contributed by atoms with van der Waals surface area (Å²) in [6.45, 7) is 0. The van der Waals surface area contributed by atoms with Crippen LogP contribution in [0, 0.1) is 23.2 Å². The van der Waals surface area contributed by atoms with Crippen molar-refractivity contribution in [2.75, 3.05) is 11.1 Å². The molecule has 1 saturated carbocycles. The van der Waals surface area contributed by atoms with Crippen molar-refractivity contribution in [2.24, 2.45) is 11.8 Å². The van der Waals surface area contributed by atoms with Gasteiger partial charge in [-0.2, -0.15) is 5.26 Å². The van der Waals surface area contributed by atoms with E-state index in [0.29, 0.717) is 29.1 Å². The molecule has 4 N–H and O–H groups in total. The SMILES string of the molecule is N#CC1CC1C(=O)Nc1cc2cc(-c3cncc4c3CCCC4O)nc(N)c2cn1. The number of aromatic nitrogens is 3. The molecule has 1 fully saturated rings. The molecule has 0 bridgehead atoms. The van der Waals surface area contributed by atoms with E-state index in [9.17, 15) is 9.90 Å². The molecule has 5 rings (SSSR count). The highest BCUT2D eigenvalue weighted by molar-refractivity contribution is 5.98. The normalized spacial score (nSPS) is 22.2. The van der Waals surface area contributed by atoms with Gasteiger partial charge in [-0.1, -0.05) is 0 Å². The molecular formula is C22H20N6O2. The number of nitriles is 1. The first-order valence-electron chi connectivity index (χ1n) is 9.97. The molecule has 3 unspecified atom stereocenters. The van der Waals surface area contributed by atoms with Gasteiger partial charge in [-0.25, -0.2) is 9.97 Å². The fourth-order valence-electron chi connectivity index (χ4n) is 4.14. The van der Waals surface area contributed by atoms with E-state index in [0.717, 1.165) is 41.3 Å². The number of carbonyl (C=O) groups excluding carboxylic acids is 1. The van der Waals surface area contributed by atoms with Crippen LogP contribution in [0.15, 0.2) is 30.7 Å². The summed E-state index contributed by atoms with van der Waals surface area (Å²) in [5.41, 5.74) is 9.63. The maximum atomic E-state index is 12.3. The van der Waals surface area contributed by atoms with Crippen LogP contribution in [0.5, 0.6) is 0 Å². The molecule has 2 aliphatic rings. The monoisotopic (exact) mass is 400 g/mol. The number of anilines is 2. The molecule has 3 aromatic rings. The van der Waals surface area contributed by atoms with E-state index < -0.39 is 6.10 Å². The summed E-state index contributed by atoms with van der Waals surface area (Å²) in [6.07, 6.45) is 7.63. The predicted octanol–water partition coefficient (Wildman–Crippen LogP) is 2.74. The van der Waals surface area contributed by atoms with Gasteiger partial charge in [0.05, 0.1) is 29.7 Å². The van der Waals surface area contributed by atoms with Gasteiger partial charge in [0.2, 0.25) is 5.91 Å². The third-order valence-corrected chi connectivity index (χ3v) is 5.92. The lowest BCUT2D eigenvalue weighted by molar-refractivity contribution is -0.117. The Labute approximate surface area is 172 Å². The van der Waals surface area contributed by atoms with Crippen molar-refractivity contribution in [2.45, 2.75) is 31.8 Å². The first-order chi connectivity index (χ1) is 14.5. The number of nitrogens with zero attached hydrogens (tertiary/aromatic N) is 4. The Morgan fingerprint density at radius 3 is 2.97 bits per heavy atom. The number of nitrogens with one attached hydrogen (secondary N) is 1. The zero-order valence-electron chi connectivity index (χ0n) is 16.2. The molecule has 8 heteroatoms. The van der Waals surface area contributed by atoms with Crippen LogP contribution in [0.25, 0.3) is 22.0 Å². The number of fused-ring (bicyclic) bond motifs is 2. The highest BCUT2D eigenvalue weighted by atomic mass is 16.3. The second kappa shape index (κ2) is 7.04. The third-order valence-electron chi connectivity index (χ3n) is 5.92. The Morgan fingerprint density at radius 2 is 2.17 bits per heavy atom. The standard InChI is InChI=1S/C22H20N6O2/c23-7-12-4-14(12)22(30)28-20-6-11-5-18(27-21(24)15(11)10-26-20)16-8-25-9-17-13(16)2-1-3-19(17)29/h5-6,8-10,12,14,19,29H,1-4H2,(H2,24,27)(H,26,28,30). The number of aliphatic hydroxyl groups excluding tert-OH is 1. The maximum absolute atomic E-state index is 12.3. The fraction of sp³-hybridized carbons (Fsp3) is 0.318. The topological polar surface area (TPSA) is 138 Å². The third kappa shape index (κ3) is 3.13. The average Bonchev–Trinajstić information content (AvgIpc) is 3.54. The Hall–Kier alpha value is -3.57. The largest absolute Gasteiger partial charge is 0.388 e. The van der Waals surface area contributed by atoms with Gasteiger partial charge in [0, 0.05) is 35.1 Å². The van der Waals surface area contributed by atoms with Gasteiger partial charge in [-0.3, -0.25) is 9.78 Å². The van der Waals surface area contributed by atoms with Crippen molar-refractivity contribution in [1.82, 2.24) is 15.0 Å². The molecule has 3 aromatic heterocycles. The minimum atomic E-state index is -0.510. The van der Waals surface area contributed by atoms with E-state index in [2.05, 4.69) is 26.3 Å². The molecule has 0 aromatic carbocycles. The van der Waals surface area contributed by atoms with E-state index in [1.54, 1.807) is 24.7 Å². The van der Waals surface area contributed by atoms with Crippen LogP contribution in [0.1, 0.15) is 36.5 Å². The van der Waals surface area contributed by atoms with Crippen molar-refractivity contribution in [3.63, 3.8) is 0 Å². The van der Waals surface area contributed by atoms with Gasteiger partial charge in [0.1, 0.15) is 11.6 Å². The summed E-state index contributed by atoms with van der Waals surface area (Å²) in [4.78, 5) is 25.4. The lowest BCUT2D eigenvalue weighted by Gasteiger charge is -2.23. The molecule has 30 heavy (non-hydrogen) atoms. The molecular weight excluding hydrogens is 380 g/mol. The zero-order chi connectivity index (χ0) is 20.8. The van der Waals surface area contributed by atoms with Gasteiger partial charge in [0.25, 0.3) is 0 Å². The molecule has 2 aliphatic carbocycles. The summed E-state index contributed by atoms with van der Waals surface area (Å²) >= 11 is 0. The van der Waals surface area contributed by atoms with Gasteiger partial charge in [-0.15, -0.1) is 0 Å². The van der Waals surface area contributed by atoms with E-state index in [4.69, 9.17) is 11.0 Å². The summed E-state index contributed by atoms with van der Waals surface area (Å²) < 4.78 is 0. The van der Waals surface area contributed by atoms with Gasteiger partial charge < -0.3 is 16.2 Å². The Balaban J connectivity index is 1.53. The molecule has 150 valence electrons. The van der Waals surface area contributed by atoms with Crippen LogP contribution in [0.3, 0.4) is 0 Å². The molecule has 3 atom stereocenters. The first-order valence-corrected chi connectivity index (χ1v) is 9.97. The number of aliphatic hydroxyl groups is 1. The van der Waals surface area contributed by atoms with Crippen LogP contribution in [0.2, 0.25) is 0 Å². The minimum Gasteiger partial charge on any atom is -0.388 e. The van der Waals surface area contributed by atoms with Crippen LogP contribution >= 0.6 is 0 Å². The minimum absolute atomic E-state index is 0.189. The Morgan fingerprint density at radius 1 is 1.30 bits per heavy atom. The summed E-state index contributed by atoms with van der Waals surface area (Å²) in [6, 6.07) is 5.78. The number of nitrogens with two attached hydrogens (primary N) is 1. The van der Waals surface area contributed by atoms with Gasteiger partial charge in [0.15, 0.2) is 0 Å². The van der Waals surface area contributed by atoms with Crippen LogP contribution in [0.4, 0.5) is 11.6 Å². The first kappa shape index (κ1) is 18.5. The highest BCUT2D eigenvalue weighted by Crippen LogP contribution is 2.39. The van der Waals surface area contributed by atoms with Crippen LogP contribution in [-0.2, 0) is 11.2 Å². The predicted molar refractivity (Wildman–Crippen MR) is 111 cm³/mol. The molecule has 0 radical (unpaired) electrons. The number of carbonyl (C=O) groups is 1. The second-order valence-corrected chi connectivity index (χ2v) is 7.91. The summed E-state index contributed by atoms with van der Waals surface area (Å²) in [5, 5.41) is 23.5. The zero-order valence-corrected chi connectivity index (χ0v) is 16.2. The van der Waals surface area contributed by atoms with Crippen LogP contribution in [-0.4, -0.2) is 26.0 Å². The number of pyridine rings is 3. The van der Waals surface area contributed by atoms with E-state index in [1.807, 2.05) is 6.07 Å². The maximum Gasteiger partial charge on any atom is 0.230 e. The lowest BCUT2D eigenvalue weighted by Crippen LogP contribution is -2.15. The molecule has 0 spiro atoms. The number of hydrogen-bond acceptors (Lipinski definition) is 7. The van der Waals surface area contributed by atoms with Gasteiger partial charge >= 0.3 is 0 Å². The smallest absolute Gasteiger partial charge is 0.230 e. The highest BCUT2D eigenvalue weighted by Gasteiger charge is 2.43. The van der Waals surface area contributed by atoms with Crippen LogP contribution < -0.4 is 11.1 Å². The second-order valence-electron chi connectivity index (χ2n) is 7.91. The molecule has 1 amide bonds. The molecule has 3 heterocycles. The fourth-order valence-corrected chi connectivity index (χ4v) is 4.14. The Kier molecular flexibility index (Phi) is 4.33. The number of rotatable bonds is 3. The van der Waals surface area contributed by atoms with Crippen molar-refractivity contribution >= 4 is 28.3 Å². The van der Waals surface area contributed by atoms with Crippen molar-refractivity contribution < 1.29 is 9.90 Å². The van der Waals surface area contributed by atoms with E-state index in [-0.39, 0.29) is 17.7 Å². The molecule has 0 aliphatic heterocycles. The van der Waals surface area contributed by atoms with E-state index >= 15 is 0 Å². The Bertz CT molecular complexity index is 1220. The number of nitrogen functional groups attached to an aromatic ring is 1. The molecule has 8 nitrogen and oxygen atoms in total. The van der Waals surface area contributed by atoms with Crippen molar-refractivity contribution in [3.8, 4) is 17.3 Å². The lowest BCUT2D eigenvalue weighted by atomic mass is 9.87. The average molecular weight is 400 g/mol. The number of amides is 1. The van der Waals surface area contributed by atoms with Crippen molar-refractivity contribution in [1.29, 1.82) is 5.26 Å². The van der Waals surface area contributed by atoms with Gasteiger partial charge in [-0.05, 0) is 48.8 Å². The van der Waals surface area contributed by atoms with E-state index in [1.165, 1.54) is 0 Å². The summed E-state index contributed by atoms with van der Waals surface area (Å²) in [5.74, 6) is 0.0961. The quantitative estimate of drug-likeness (QED) is 0.614. The van der Waals surface area contributed by atoms with Crippen molar-refractivity contribution in [3.05, 3.63) is 41.9 Å². The number of hydrogen-bond donors (Lipinski definition) is 3.